The number of primary amides is 1. The van der Waals surface area contributed by atoms with Crippen molar-refractivity contribution in [3.8, 4) is 5.82 Å². The van der Waals surface area contributed by atoms with Crippen molar-refractivity contribution in [2.45, 2.75) is 31.7 Å². The highest BCUT2D eigenvalue weighted by Crippen LogP contribution is 2.15. The summed E-state index contributed by atoms with van der Waals surface area (Å²) in [6.45, 7) is 1.37. The number of amides is 2. The summed E-state index contributed by atoms with van der Waals surface area (Å²) in [5, 5.41) is 14.4. The molecule has 4 aromatic rings. The van der Waals surface area contributed by atoms with Crippen molar-refractivity contribution in [1.29, 1.82) is 0 Å². The van der Waals surface area contributed by atoms with E-state index in [2.05, 4.69) is 32.4 Å². The van der Waals surface area contributed by atoms with Crippen LogP contribution in [0.25, 0.3) is 5.82 Å². The maximum atomic E-state index is 13.2. The molecular weight excluding hydrogens is 581 g/mol. The second-order valence-corrected chi connectivity index (χ2v) is 9.53. The summed E-state index contributed by atoms with van der Waals surface area (Å²) >= 11 is 0. The molecule has 0 fully saturated rings. The van der Waals surface area contributed by atoms with Crippen molar-refractivity contribution in [2.75, 3.05) is 7.05 Å². The number of carbonyl (C=O) groups is 4. The van der Waals surface area contributed by atoms with Crippen molar-refractivity contribution in [3.63, 3.8) is 0 Å². The van der Waals surface area contributed by atoms with Crippen LogP contribution < -0.4 is 11.1 Å². The minimum Gasteiger partial charge on any atom is -0.475 e. The van der Waals surface area contributed by atoms with Crippen molar-refractivity contribution in [3.05, 3.63) is 114 Å². The first kappa shape index (κ1) is 33.1. The van der Waals surface area contributed by atoms with Gasteiger partial charge < -0.3 is 16.2 Å². The van der Waals surface area contributed by atoms with E-state index < -0.39 is 35.8 Å². The molecule has 0 bridgehead atoms. The van der Waals surface area contributed by atoms with Crippen LogP contribution in [0.1, 0.15) is 27.2 Å². The van der Waals surface area contributed by atoms with Crippen molar-refractivity contribution in [2.24, 2.45) is 5.73 Å². The Labute approximate surface area is 250 Å². The van der Waals surface area contributed by atoms with Gasteiger partial charge in [0.2, 0.25) is 5.78 Å². The SMILES string of the molecule is CN(Cc1ccccc1)Cc1ccn(-c2ncccc2C(=O)NC(Cc2ccccc2)C(=O)C(N)=O)n1.O=C(O)C(F)(F)F. The molecule has 2 aromatic carbocycles. The summed E-state index contributed by atoms with van der Waals surface area (Å²) < 4.78 is 33.3. The smallest absolute Gasteiger partial charge is 0.475 e. The molecule has 0 aliphatic carbocycles. The molecule has 2 amide bonds. The van der Waals surface area contributed by atoms with Crippen molar-refractivity contribution < 1.29 is 37.5 Å². The quantitative estimate of drug-likeness (QED) is 0.219. The third kappa shape index (κ3) is 9.87. The summed E-state index contributed by atoms with van der Waals surface area (Å²) in [4.78, 5) is 52.7. The van der Waals surface area contributed by atoms with Crippen LogP contribution in [-0.4, -0.2) is 67.6 Å². The molecule has 0 aliphatic heterocycles. The number of hydrogen-bond acceptors (Lipinski definition) is 7. The van der Waals surface area contributed by atoms with Gasteiger partial charge in [-0.05, 0) is 36.4 Å². The summed E-state index contributed by atoms with van der Waals surface area (Å²) in [6.07, 6.45) is -1.66. The van der Waals surface area contributed by atoms with Gasteiger partial charge in [0.1, 0.15) is 6.04 Å². The molecule has 0 saturated carbocycles. The number of carbonyl (C=O) groups excluding carboxylic acids is 3. The number of ketones is 1. The van der Waals surface area contributed by atoms with E-state index in [-0.39, 0.29) is 12.0 Å². The van der Waals surface area contributed by atoms with E-state index in [4.69, 9.17) is 15.6 Å². The van der Waals surface area contributed by atoms with Gasteiger partial charge in [-0.2, -0.15) is 18.3 Å². The van der Waals surface area contributed by atoms with Gasteiger partial charge in [-0.3, -0.25) is 19.3 Å². The number of aromatic nitrogens is 3. The second kappa shape index (κ2) is 15.2. The molecule has 0 saturated heterocycles. The van der Waals surface area contributed by atoms with Gasteiger partial charge in [-0.1, -0.05) is 60.7 Å². The van der Waals surface area contributed by atoms with E-state index in [0.717, 1.165) is 17.8 Å². The summed E-state index contributed by atoms with van der Waals surface area (Å²) in [5.41, 5.74) is 8.25. The number of pyridine rings is 1. The fourth-order valence-electron chi connectivity index (χ4n) is 4.02. The monoisotopic (exact) mass is 610 g/mol. The Bertz CT molecular complexity index is 1580. The number of nitrogens with two attached hydrogens (primary N) is 1. The zero-order valence-corrected chi connectivity index (χ0v) is 23.4. The number of nitrogens with zero attached hydrogens (tertiary/aromatic N) is 4. The van der Waals surface area contributed by atoms with Gasteiger partial charge in [0.25, 0.3) is 11.8 Å². The fourth-order valence-corrected chi connectivity index (χ4v) is 4.02. The third-order valence-corrected chi connectivity index (χ3v) is 6.01. The molecule has 0 radical (unpaired) electrons. The zero-order valence-electron chi connectivity index (χ0n) is 23.4. The van der Waals surface area contributed by atoms with Gasteiger partial charge in [0.05, 0.1) is 11.3 Å². The van der Waals surface area contributed by atoms with Gasteiger partial charge in [0, 0.05) is 31.9 Å². The molecule has 44 heavy (non-hydrogen) atoms. The number of carboxylic acids is 1. The van der Waals surface area contributed by atoms with Crippen LogP contribution in [0.2, 0.25) is 0 Å². The lowest BCUT2D eigenvalue weighted by Crippen LogP contribution is -2.47. The van der Waals surface area contributed by atoms with E-state index >= 15 is 0 Å². The van der Waals surface area contributed by atoms with Crippen LogP contribution in [0, 0.1) is 0 Å². The maximum absolute atomic E-state index is 13.2. The number of hydrogen-bond donors (Lipinski definition) is 3. The highest BCUT2D eigenvalue weighted by molar-refractivity contribution is 6.38. The van der Waals surface area contributed by atoms with Gasteiger partial charge in [-0.15, -0.1) is 0 Å². The first-order chi connectivity index (χ1) is 20.8. The van der Waals surface area contributed by atoms with E-state index in [1.165, 1.54) is 10.2 Å². The molecule has 1 unspecified atom stereocenters. The number of alkyl halides is 3. The molecule has 230 valence electrons. The number of aliphatic carboxylic acids is 1. The highest BCUT2D eigenvalue weighted by atomic mass is 19.4. The molecular formula is C30H29F3N6O5. The number of benzene rings is 2. The molecule has 0 spiro atoms. The second-order valence-electron chi connectivity index (χ2n) is 9.53. The topological polar surface area (TPSA) is 161 Å². The van der Waals surface area contributed by atoms with Gasteiger partial charge in [0.15, 0.2) is 5.82 Å². The largest absolute Gasteiger partial charge is 0.490 e. The van der Waals surface area contributed by atoms with Crippen LogP contribution in [-0.2, 0) is 33.9 Å². The molecule has 2 aromatic heterocycles. The Kier molecular flexibility index (Phi) is 11.4. The minimum absolute atomic E-state index is 0.129. The van der Waals surface area contributed by atoms with Crippen LogP contribution in [0.15, 0.2) is 91.3 Å². The Morgan fingerprint density at radius 1 is 0.932 bits per heavy atom. The highest BCUT2D eigenvalue weighted by Gasteiger charge is 2.38. The first-order valence-electron chi connectivity index (χ1n) is 13.1. The Morgan fingerprint density at radius 3 is 2.09 bits per heavy atom. The number of carboxylic acid groups (broad SMARTS) is 1. The third-order valence-electron chi connectivity index (χ3n) is 6.01. The predicted molar refractivity (Wildman–Crippen MR) is 152 cm³/mol. The van der Waals surface area contributed by atoms with E-state index in [1.807, 2.05) is 61.6 Å². The van der Waals surface area contributed by atoms with Crippen LogP contribution >= 0.6 is 0 Å². The minimum atomic E-state index is -5.08. The Hall–Kier alpha value is -5.37. The van der Waals surface area contributed by atoms with Crippen molar-refractivity contribution in [1.82, 2.24) is 25.0 Å². The molecule has 4 rings (SSSR count). The Morgan fingerprint density at radius 2 is 1.52 bits per heavy atom. The average Bonchev–Trinajstić information content (AvgIpc) is 3.45. The lowest BCUT2D eigenvalue weighted by molar-refractivity contribution is -0.192. The van der Waals surface area contributed by atoms with E-state index in [9.17, 15) is 27.6 Å². The van der Waals surface area contributed by atoms with Crippen molar-refractivity contribution >= 4 is 23.6 Å². The maximum Gasteiger partial charge on any atom is 0.490 e. The summed E-state index contributed by atoms with van der Waals surface area (Å²) in [5.74, 6) is -4.99. The number of nitrogens with one attached hydrogen (secondary N) is 1. The molecule has 4 N–H and O–H groups in total. The number of Topliss-reactive ketones (excluding diaryl/α,β-unsaturated/α-hetero) is 1. The summed E-state index contributed by atoms with van der Waals surface area (Å²) in [6, 6.07) is 23.2. The Balaban J connectivity index is 0.000000676. The van der Waals surface area contributed by atoms with Crippen LogP contribution in [0.4, 0.5) is 13.2 Å². The lowest BCUT2D eigenvalue weighted by Gasteiger charge is -2.17. The number of halogens is 3. The average molecular weight is 611 g/mol. The van der Waals surface area contributed by atoms with E-state index in [1.54, 1.807) is 24.5 Å². The van der Waals surface area contributed by atoms with Gasteiger partial charge >= 0.3 is 12.1 Å². The molecule has 0 aliphatic rings. The van der Waals surface area contributed by atoms with E-state index in [0.29, 0.717) is 12.4 Å². The molecule has 1 atom stereocenters. The number of rotatable bonds is 11. The normalized spacial score (nSPS) is 11.7. The molecule has 14 heteroatoms. The first-order valence-corrected chi connectivity index (χ1v) is 13.1. The van der Waals surface area contributed by atoms with Gasteiger partial charge in [-0.25, -0.2) is 14.5 Å². The molecule has 11 nitrogen and oxygen atoms in total. The predicted octanol–water partition coefficient (Wildman–Crippen LogP) is 2.93. The van der Waals surface area contributed by atoms with Crippen LogP contribution in [0.5, 0.6) is 0 Å². The standard InChI is InChI=1S/C28H28N6O3.C2HF3O2/c1-33(18-21-11-6-3-7-12-21)19-22-14-16-34(32-22)27-23(13-8-15-30-27)28(37)31-24(25(35)26(29)36)17-20-9-4-2-5-10-20;3-2(4,5)1(6)7/h2-16,24H,17-19H2,1H3,(H2,29,36)(H,31,37);(H,6,7). The fraction of sp³-hybridized carbons (Fsp3) is 0.200. The van der Waals surface area contributed by atoms with Crippen LogP contribution in [0.3, 0.4) is 0 Å². The zero-order chi connectivity index (χ0) is 32.3. The lowest BCUT2D eigenvalue weighted by atomic mass is 10.0. The summed E-state index contributed by atoms with van der Waals surface area (Å²) in [7, 11) is 2.01. The molecule has 2 heterocycles.